The number of ether oxygens (including phenoxy) is 2. The molecule has 0 saturated heterocycles. The Bertz CT molecular complexity index is 1400. The number of benzene rings is 4. The number of hydrazone groups is 1. The predicted molar refractivity (Wildman–Crippen MR) is 139 cm³/mol. The zero-order valence-corrected chi connectivity index (χ0v) is 20.2. The lowest BCUT2D eigenvalue weighted by Gasteiger charge is -2.14. The molecule has 1 amide bonds. The van der Waals surface area contributed by atoms with Gasteiger partial charge in [-0.05, 0) is 60.0 Å². The van der Waals surface area contributed by atoms with E-state index in [0.717, 1.165) is 21.9 Å². The van der Waals surface area contributed by atoms with Crippen molar-refractivity contribution in [1.82, 2.24) is 5.43 Å². The number of carbonyl (C=O) groups is 1. The fourth-order valence-corrected chi connectivity index (χ4v) is 3.93. The highest BCUT2D eigenvalue weighted by Gasteiger charge is 2.14. The van der Waals surface area contributed by atoms with Gasteiger partial charge in [-0.2, -0.15) is 5.10 Å². The van der Waals surface area contributed by atoms with Gasteiger partial charge in [-0.25, -0.2) is 5.43 Å². The van der Waals surface area contributed by atoms with Crippen LogP contribution in [0, 0.1) is 6.92 Å². The first kappa shape index (κ1) is 24.1. The zero-order chi connectivity index (χ0) is 24.8. The molecule has 0 radical (unpaired) electrons. The van der Waals surface area contributed by atoms with Crippen molar-refractivity contribution in [2.75, 3.05) is 6.61 Å². The third kappa shape index (κ3) is 5.91. The van der Waals surface area contributed by atoms with Gasteiger partial charge in [0, 0.05) is 0 Å². The second kappa shape index (κ2) is 10.9. The van der Waals surface area contributed by atoms with Crippen LogP contribution in [-0.2, 0) is 6.61 Å². The zero-order valence-electron chi connectivity index (χ0n) is 19.4. The van der Waals surface area contributed by atoms with Crippen molar-refractivity contribution >= 4 is 34.5 Å². The Morgan fingerprint density at radius 2 is 1.80 bits per heavy atom. The standard InChI is InChI=1S/C28H25ClN2O4/c1-3-34-26-13-20(12-24(29)27(26)35-17-19-8-6-7-18(2)11-19)16-30-31-28(33)23-14-21-9-4-5-10-22(21)15-25(23)32/h4-16,32H,3,17H2,1-2H3,(H,31,33). The smallest absolute Gasteiger partial charge is 0.275 e. The Morgan fingerprint density at radius 1 is 1.03 bits per heavy atom. The molecule has 0 bridgehead atoms. The molecule has 0 aliphatic heterocycles. The van der Waals surface area contributed by atoms with E-state index in [1.165, 1.54) is 6.21 Å². The molecule has 0 unspecified atom stereocenters. The Balaban J connectivity index is 1.49. The second-order valence-corrected chi connectivity index (χ2v) is 8.36. The molecule has 0 fully saturated rings. The van der Waals surface area contributed by atoms with E-state index in [-0.39, 0.29) is 11.3 Å². The summed E-state index contributed by atoms with van der Waals surface area (Å²) in [6.45, 7) is 4.67. The number of hydrogen-bond acceptors (Lipinski definition) is 5. The molecule has 7 heteroatoms. The molecule has 0 spiro atoms. The molecule has 0 aromatic heterocycles. The average molecular weight is 489 g/mol. The van der Waals surface area contributed by atoms with Gasteiger partial charge in [0.05, 0.1) is 23.4 Å². The quantitative estimate of drug-likeness (QED) is 0.227. The summed E-state index contributed by atoms with van der Waals surface area (Å²) in [4.78, 5) is 12.6. The molecule has 0 atom stereocenters. The van der Waals surface area contributed by atoms with Crippen LogP contribution >= 0.6 is 11.6 Å². The van der Waals surface area contributed by atoms with Gasteiger partial charge >= 0.3 is 0 Å². The number of nitrogens with zero attached hydrogens (tertiary/aromatic N) is 1. The van der Waals surface area contributed by atoms with Crippen molar-refractivity contribution in [3.63, 3.8) is 0 Å². The summed E-state index contributed by atoms with van der Waals surface area (Å²) in [5.41, 5.74) is 5.36. The molecule has 2 N–H and O–H groups in total. The number of aryl methyl sites for hydroxylation is 1. The van der Waals surface area contributed by atoms with Gasteiger partial charge in [-0.3, -0.25) is 4.79 Å². The molecular weight excluding hydrogens is 464 g/mol. The molecule has 0 heterocycles. The van der Waals surface area contributed by atoms with Crippen LogP contribution < -0.4 is 14.9 Å². The number of rotatable bonds is 8. The molecule has 6 nitrogen and oxygen atoms in total. The van der Waals surface area contributed by atoms with E-state index in [1.54, 1.807) is 24.3 Å². The van der Waals surface area contributed by atoms with Crippen LogP contribution in [0.4, 0.5) is 0 Å². The van der Waals surface area contributed by atoms with E-state index in [4.69, 9.17) is 21.1 Å². The highest BCUT2D eigenvalue weighted by atomic mass is 35.5. The molecular formula is C28H25ClN2O4. The maximum atomic E-state index is 12.6. The number of fused-ring (bicyclic) bond motifs is 1. The van der Waals surface area contributed by atoms with Crippen LogP contribution in [0.15, 0.2) is 77.9 Å². The van der Waals surface area contributed by atoms with Crippen LogP contribution in [0.3, 0.4) is 0 Å². The largest absolute Gasteiger partial charge is 0.507 e. The first-order valence-electron chi connectivity index (χ1n) is 11.1. The Labute approximate surface area is 208 Å². The van der Waals surface area contributed by atoms with Crippen molar-refractivity contribution in [3.8, 4) is 17.2 Å². The summed E-state index contributed by atoms with van der Waals surface area (Å²) in [6, 6.07) is 22.1. The lowest BCUT2D eigenvalue weighted by atomic mass is 10.1. The number of nitrogens with one attached hydrogen (secondary N) is 1. The summed E-state index contributed by atoms with van der Waals surface area (Å²) >= 11 is 6.49. The molecule has 4 aromatic carbocycles. The van der Waals surface area contributed by atoms with Gasteiger partial charge in [0.1, 0.15) is 12.4 Å². The van der Waals surface area contributed by atoms with Crippen molar-refractivity contribution in [1.29, 1.82) is 0 Å². The number of halogens is 1. The number of hydrogen-bond donors (Lipinski definition) is 2. The van der Waals surface area contributed by atoms with Gasteiger partial charge in [-0.1, -0.05) is 65.7 Å². The minimum absolute atomic E-state index is 0.117. The van der Waals surface area contributed by atoms with E-state index >= 15 is 0 Å². The summed E-state index contributed by atoms with van der Waals surface area (Å²) in [5, 5.41) is 16.3. The fraction of sp³-hybridized carbons (Fsp3) is 0.143. The molecule has 0 aliphatic carbocycles. The Morgan fingerprint density at radius 3 is 2.54 bits per heavy atom. The predicted octanol–water partition coefficient (Wildman–Crippen LogP) is 6.25. The maximum absolute atomic E-state index is 12.6. The third-order valence-electron chi connectivity index (χ3n) is 5.29. The lowest BCUT2D eigenvalue weighted by Crippen LogP contribution is -2.17. The number of aromatic hydroxyl groups is 1. The van der Waals surface area contributed by atoms with Crippen LogP contribution in [0.5, 0.6) is 17.2 Å². The molecule has 35 heavy (non-hydrogen) atoms. The fourth-order valence-electron chi connectivity index (χ4n) is 3.66. The van der Waals surface area contributed by atoms with Gasteiger partial charge in [-0.15, -0.1) is 0 Å². The third-order valence-corrected chi connectivity index (χ3v) is 5.57. The highest BCUT2D eigenvalue weighted by molar-refractivity contribution is 6.32. The number of amides is 1. The Hall–Kier alpha value is -4.03. The van der Waals surface area contributed by atoms with E-state index in [2.05, 4.69) is 10.5 Å². The van der Waals surface area contributed by atoms with Crippen LogP contribution in [0.2, 0.25) is 5.02 Å². The van der Waals surface area contributed by atoms with Gasteiger partial charge in [0.2, 0.25) is 0 Å². The highest BCUT2D eigenvalue weighted by Crippen LogP contribution is 2.37. The molecule has 0 aliphatic rings. The SMILES string of the molecule is CCOc1cc(C=NNC(=O)c2cc3ccccc3cc2O)cc(Cl)c1OCc1cccc(C)c1. The summed E-state index contributed by atoms with van der Waals surface area (Å²) in [6.07, 6.45) is 1.45. The van der Waals surface area contributed by atoms with Crippen molar-refractivity contribution in [2.45, 2.75) is 20.5 Å². The van der Waals surface area contributed by atoms with Crippen LogP contribution in [0.1, 0.15) is 34.0 Å². The van der Waals surface area contributed by atoms with E-state index in [9.17, 15) is 9.90 Å². The number of carbonyl (C=O) groups excluding carboxylic acids is 1. The molecule has 4 rings (SSSR count). The maximum Gasteiger partial charge on any atom is 0.275 e. The topological polar surface area (TPSA) is 80.2 Å². The van der Waals surface area contributed by atoms with Crippen molar-refractivity contribution in [2.24, 2.45) is 5.10 Å². The monoisotopic (exact) mass is 488 g/mol. The van der Waals surface area contributed by atoms with E-state index < -0.39 is 5.91 Å². The summed E-state index contributed by atoms with van der Waals surface area (Å²) in [7, 11) is 0. The summed E-state index contributed by atoms with van der Waals surface area (Å²) < 4.78 is 11.7. The lowest BCUT2D eigenvalue weighted by molar-refractivity contribution is 0.0952. The normalized spacial score (nSPS) is 11.1. The minimum Gasteiger partial charge on any atom is -0.507 e. The Kier molecular flexibility index (Phi) is 7.53. The number of phenols is 1. The van der Waals surface area contributed by atoms with Crippen LogP contribution in [0.25, 0.3) is 10.8 Å². The molecule has 4 aromatic rings. The van der Waals surface area contributed by atoms with Crippen molar-refractivity contribution in [3.05, 3.63) is 100 Å². The van der Waals surface area contributed by atoms with Gasteiger partial charge in [0.25, 0.3) is 5.91 Å². The van der Waals surface area contributed by atoms with Crippen LogP contribution in [-0.4, -0.2) is 23.8 Å². The number of phenolic OH excluding ortho intramolecular Hbond substituents is 1. The minimum atomic E-state index is -0.529. The summed E-state index contributed by atoms with van der Waals surface area (Å²) in [5.74, 6) is 0.275. The van der Waals surface area contributed by atoms with Gasteiger partial charge < -0.3 is 14.6 Å². The first-order chi connectivity index (χ1) is 16.9. The van der Waals surface area contributed by atoms with Crippen molar-refractivity contribution < 1.29 is 19.4 Å². The van der Waals surface area contributed by atoms with E-state index in [1.807, 2.05) is 62.4 Å². The first-order valence-corrected chi connectivity index (χ1v) is 11.5. The molecule has 178 valence electrons. The van der Waals surface area contributed by atoms with Gasteiger partial charge in [0.15, 0.2) is 11.5 Å². The second-order valence-electron chi connectivity index (χ2n) is 7.96. The van der Waals surface area contributed by atoms with E-state index in [0.29, 0.717) is 35.3 Å². The molecule has 0 saturated carbocycles. The average Bonchev–Trinajstić information content (AvgIpc) is 2.83.